The molecule has 0 nitrogen and oxygen atoms in total. The second-order valence-electron chi connectivity index (χ2n) is 5.81. The normalized spacial score (nSPS) is 8.18. The molecule has 0 unspecified atom stereocenters. The van der Waals surface area contributed by atoms with Crippen LogP contribution in [0.2, 0.25) is 0 Å². The summed E-state index contributed by atoms with van der Waals surface area (Å²) in [4.78, 5) is 0. The summed E-state index contributed by atoms with van der Waals surface area (Å²) >= 11 is 0. The van der Waals surface area contributed by atoms with E-state index in [1.165, 1.54) is 34.3 Å². The van der Waals surface area contributed by atoms with Crippen LogP contribution in [0.4, 0.5) is 0 Å². The Balaban J connectivity index is -0.0000000332. The first-order valence-electron chi connectivity index (χ1n) is 15.9. The first-order valence-corrected chi connectivity index (χ1v) is 15.9. The van der Waals surface area contributed by atoms with Crippen LogP contribution >= 0.6 is 0 Å². The molecule has 40 heavy (non-hydrogen) atoms. The zero-order valence-corrected chi connectivity index (χ0v) is 30.6. The molecule has 2 aromatic carbocycles. The van der Waals surface area contributed by atoms with E-state index in [1.807, 2.05) is 147 Å². The van der Waals surface area contributed by atoms with Crippen LogP contribution < -0.4 is 0 Å². The Morgan fingerprint density at radius 3 is 0.675 bits per heavy atom. The highest BCUT2D eigenvalue weighted by Gasteiger charge is 2.03. The SMILES string of the molecule is C.C.CC.CC.CC.CC.CC.CC.CC.CC.CC1=CCC(C)=C1C.Cc1ccccc1.Cc1ccccc1. The van der Waals surface area contributed by atoms with Crippen LogP contribution in [0.25, 0.3) is 0 Å². The van der Waals surface area contributed by atoms with Crippen molar-refractivity contribution in [3.05, 3.63) is 94.6 Å². The molecule has 0 heterocycles. The van der Waals surface area contributed by atoms with Gasteiger partial charge in [-0.05, 0) is 46.6 Å². The fourth-order valence-electron chi connectivity index (χ4n) is 2.02. The molecule has 3 rings (SSSR count). The Bertz CT molecular complexity index is 558. The minimum absolute atomic E-state index is 0. The minimum atomic E-state index is 0. The molecule has 0 bridgehead atoms. The summed E-state index contributed by atoms with van der Waals surface area (Å²) in [6, 6.07) is 20.5. The Kier molecular flexibility index (Phi) is 127. The summed E-state index contributed by atoms with van der Waals surface area (Å²) in [7, 11) is 0. The van der Waals surface area contributed by atoms with Gasteiger partial charge in [0.25, 0.3) is 0 Å². The largest absolute Gasteiger partial charge is 0.0776 e. The molecule has 0 N–H and O–H groups in total. The first kappa shape index (κ1) is 66.3. The molecule has 0 saturated carbocycles. The van der Waals surface area contributed by atoms with Crippen molar-refractivity contribution >= 4 is 0 Å². The van der Waals surface area contributed by atoms with E-state index < -0.39 is 0 Å². The predicted octanol–water partition coefficient (Wildman–Crippen LogP) is 16.1. The summed E-state index contributed by atoms with van der Waals surface area (Å²) in [6.07, 6.45) is 3.46. The molecular weight excluding hydrogens is 480 g/mol. The summed E-state index contributed by atoms with van der Waals surface area (Å²) in [6.45, 7) is 42.7. The van der Waals surface area contributed by atoms with Crippen molar-refractivity contribution in [1.82, 2.24) is 0 Å². The zero-order valence-electron chi connectivity index (χ0n) is 30.6. The quantitative estimate of drug-likeness (QED) is 0.298. The van der Waals surface area contributed by atoms with Gasteiger partial charge in [-0.25, -0.2) is 0 Å². The Morgan fingerprint density at radius 1 is 0.375 bits per heavy atom. The number of aryl methyl sites for hydroxylation is 2. The van der Waals surface area contributed by atoms with Gasteiger partial charge in [-0.15, -0.1) is 0 Å². The molecule has 0 spiro atoms. The van der Waals surface area contributed by atoms with Crippen LogP contribution in [0.5, 0.6) is 0 Å². The van der Waals surface area contributed by atoms with Crippen LogP contribution in [0.1, 0.15) is 164 Å². The molecule has 0 amide bonds. The maximum atomic E-state index is 2.28. The molecule has 0 radical (unpaired) electrons. The Labute approximate surface area is 260 Å². The maximum absolute atomic E-state index is 2.28. The lowest BCUT2D eigenvalue weighted by Crippen LogP contribution is -1.73. The van der Waals surface area contributed by atoms with Gasteiger partial charge in [0.1, 0.15) is 0 Å². The van der Waals surface area contributed by atoms with Crippen LogP contribution in [-0.4, -0.2) is 0 Å². The second kappa shape index (κ2) is 76.7. The van der Waals surface area contributed by atoms with Gasteiger partial charge in [-0.3, -0.25) is 0 Å². The number of hydrogen-bond donors (Lipinski definition) is 0. The van der Waals surface area contributed by atoms with Gasteiger partial charge < -0.3 is 0 Å². The van der Waals surface area contributed by atoms with Gasteiger partial charge in [0.15, 0.2) is 0 Å². The Hall–Kier alpha value is -2.08. The highest BCUT2D eigenvalue weighted by atomic mass is 14.1. The number of benzene rings is 2. The number of allylic oxidation sites excluding steroid dienone is 4. The van der Waals surface area contributed by atoms with Crippen molar-refractivity contribution < 1.29 is 0 Å². The summed E-state index contributed by atoms with van der Waals surface area (Å²) < 4.78 is 0. The zero-order chi connectivity index (χ0) is 32.4. The molecule has 0 aromatic heterocycles. The average molecular weight is 565 g/mol. The standard InChI is InChI=1S/C8H12.2C7H8.8C2H6.2CH4/c1-6-4-5-7(2)8(6)3;2*1-7-5-3-2-4-6-7;8*1-2;;/h4H,5H2,1-3H3;2*2-6H,1H3;8*1-2H3;2*1H4. The first-order chi connectivity index (χ1) is 18.5. The summed E-state index contributed by atoms with van der Waals surface area (Å²) in [5.41, 5.74) is 7.13. The summed E-state index contributed by atoms with van der Waals surface area (Å²) in [5, 5.41) is 0. The van der Waals surface area contributed by atoms with Crippen molar-refractivity contribution in [2.24, 2.45) is 0 Å². The van der Waals surface area contributed by atoms with Crippen molar-refractivity contribution in [1.29, 1.82) is 0 Å². The molecule has 2 aromatic rings. The Morgan fingerprint density at radius 2 is 0.600 bits per heavy atom. The van der Waals surface area contributed by atoms with Gasteiger partial charge >= 0.3 is 0 Å². The van der Waals surface area contributed by atoms with E-state index in [2.05, 4.69) is 65.0 Å². The fourth-order valence-corrected chi connectivity index (χ4v) is 2.02. The number of rotatable bonds is 0. The van der Waals surface area contributed by atoms with Crippen LogP contribution in [0, 0.1) is 13.8 Å². The molecule has 0 aliphatic heterocycles. The highest BCUT2D eigenvalue weighted by Crippen LogP contribution is 2.23. The minimum Gasteiger partial charge on any atom is -0.0776 e. The van der Waals surface area contributed by atoms with Crippen molar-refractivity contribution in [2.75, 3.05) is 0 Å². The topological polar surface area (TPSA) is 0 Å². The van der Waals surface area contributed by atoms with E-state index in [1.54, 1.807) is 0 Å². The van der Waals surface area contributed by atoms with E-state index in [-0.39, 0.29) is 14.9 Å². The maximum Gasteiger partial charge on any atom is -0.0130 e. The van der Waals surface area contributed by atoms with Crippen LogP contribution in [0.3, 0.4) is 0 Å². The molecule has 0 saturated heterocycles. The third-order valence-corrected chi connectivity index (χ3v) is 3.83. The van der Waals surface area contributed by atoms with Gasteiger partial charge in [0, 0.05) is 0 Å². The average Bonchev–Trinajstić information content (AvgIpc) is 3.33. The smallest absolute Gasteiger partial charge is 0.0130 e. The fraction of sp³-hybridized carbons (Fsp3) is 0.600. The predicted molar refractivity (Wildman–Crippen MR) is 203 cm³/mol. The lowest BCUT2D eigenvalue weighted by molar-refractivity contribution is 1.22. The third kappa shape index (κ3) is 60.4. The molecule has 0 atom stereocenters. The van der Waals surface area contributed by atoms with Gasteiger partial charge in [-0.1, -0.05) is 215 Å². The van der Waals surface area contributed by atoms with E-state index in [4.69, 9.17) is 0 Å². The molecule has 0 fully saturated rings. The van der Waals surface area contributed by atoms with Crippen molar-refractivity contribution in [3.8, 4) is 0 Å². The van der Waals surface area contributed by atoms with Gasteiger partial charge in [-0.2, -0.15) is 0 Å². The highest BCUT2D eigenvalue weighted by molar-refractivity contribution is 5.38. The molecular formula is C40H84. The number of hydrogen-bond acceptors (Lipinski definition) is 0. The second-order valence-corrected chi connectivity index (χ2v) is 5.81. The van der Waals surface area contributed by atoms with Gasteiger partial charge in [0.05, 0.1) is 0 Å². The van der Waals surface area contributed by atoms with E-state index >= 15 is 0 Å². The van der Waals surface area contributed by atoms with E-state index in [9.17, 15) is 0 Å². The van der Waals surface area contributed by atoms with Crippen molar-refractivity contribution in [3.63, 3.8) is 0 Å². The van der Waals surface area contributed by atoms with Crippen molar-refractivity contribution in [2.45, 2.75) is 167 Å². The lowest BCUT2D eigenvalue weighted by Gasteiger charge is -1.93. The van der Waals surface area contributed by atoms with E-state index in [0.717, 1.165) is 0 Å². The van der Waals surface area contributed by atoms with Crippen LogP contribution in [-0.2, 0) is 0 Å². The molecule has 0 heteroatoms. The third-order valence-electron chi connectivity index (χ3n) is 3.83. The van der Waals surface area contributed by atoms with E-state index in [0.29, 0.717) is 0 Å². The van der Waals surface area contributed by atoms with Gasteiger partial charge in [0.2, 0.25) is 0 Å². The monoisotopic (exact) mass is 565 g/mol. The molecule has 1 aliphatic carbocycles. The van der Waals surface area contributed by atoms with Crippen LogP contribution in [0.15, 0.2) is 83.5 Å². The molecule has 1 aliphatic rings. The summed E-state index contributed by atoms with van der Waals surface area (Å²) in [5.74, 6) is 0. The molecule has 244 valence electrons. The lowest BCUT2D eigenvalue weighted by atomic mass is 10.1.